The van der Waals surface area contributed by atoms with Crippen LogP contribution < -0.4 is 19.7 Å². The van der Waals surface area contributed by atoms with Gasteiger partial charge in [0.1, 0.15) is 28.5 Å². The number of nitrogens with zero attached hydrogens (tertiary/aromatic N) is 3. The Hall–Kier alpha value is -4.41. The van der Waals surface area contributed by atoms with Crippen molar-refractivity contribution in [2.45, 2.75) is 44.9 Å². The summed E-state index contributed by atoms with van der Waals surface area (Å²) in [5, 5.41) is 15.9. The van der Waals surface area contributed by atoms with Crippen molar-refractivity contribution in [1.82, 2.24) is 4.90 Å². The van der Waals surface area contributed by atoms with Gasteiger partial charge in [-0.1, -0.05) is 6.07 Å². The maximum Gasteiger partial charge on any atom is 0.410 e. The van der Waals surface area contributed by atoms with Crippen LogP contribution in [0.3, 0.4) is 0 Å². The molecule has 11 heteroatoms. The third kappa shape index (κ3) is 5.11. The van der Waals surface area contributed by atoms with E-state index >= 15 is 0 Å². The Morgan fingerprint density at radius 2 is 1.80 bits per heavy atom. The van der Waals surface area contributed by atoms with E-state index in [1.165, 1.54) is 55.6 Å². The van der Waals surface area contributed by atoms with E-state index in [0.717, 1.165) is 0 Å². The highest BCUT2D eigenvalue weighted by atomic mass is 19.1. The molecular weight excluding hydrogens is 522 g/mol. The molecule has 210 valence electrons. The number of rotatable bonds is 5. The van der Waals surface area contributed by atoms with Crippen molar-refractivity contribution < 1.29 is 32.6 Å². The van der Waals surface area contributed by atoms with Gasteiger partial charge < -0.3 is 29.8 Å². The summed E-state index contributed by atoms with van der Waals surface area (Å²) in [4.78, 5) is 29.7. The van der Waals surface area contributed by atoms with Crippen LogP contribution in [0.25, 0.3) is 11.3 Å². The average Bonchev–Trinajstić information content (AvgIpc) is 3.49. The van der Waals surface area contributed by atoms with Gasteiger partial charge in [0.2, 0.25) is 5.69 Å². The monoisotopic (exact) mass is 552 g/mol. The lowest BCUT2D eigenvalue weighted by atomic mass is 10.1. The number of anilines is 2. The molecule has 0 unspecified atom stereocenters. The molecule has 0 aliphatic carbocycles. The van der Waals surface area contributed by atoms with E-state index in [1.54, 1.807) is 11.0 Å². The zero-order valence-electron chi connectivity index (χ0n) is 22.6. The molecule has 5 rings (SSSR count). The van der Waals surface area contributed by atoms with Crippen LogP contribution >= 0.6 is 0 Å². The number of fused-ring (bicyclic) bond motifs is 2. The lowest BCUT2D eigenvalue weighted by molar-refractivity contribution is -0.596. The number of piperazine rings is 1. The van der Waals surface area contributed by atoms with E-state index < -0.39 is 23.1 Å². The smallest absolute Gasteiger partial charge is 0.410 e. The summed E-state index contributed by atoms with van der Waals surface area (Å²) in [5.41, 5.74) is -0.368. The number of pyridine rings is 1. The number of amides is 2. The van der Waals surface area contributed by atoms with Crippen LogP contribution in [0.5, 0.6) is 5.75 Å². The Kier molecular flexibility index (Phi) is 6.99. The summed E-state index contributed by atoms with van der Waals surface area (Å²) < 4.78 is 40.1. The van der Waals surface area contributed by atoms with Crippen LogP contribution in [0.1, 0.15) is 37.7 Å². The molecule has 2 bridgehead atoms. The zero-order valence-corrected chi connectivity index (χ0v) is 22.6. The van der Waals surface area contributed by atoms with Gasteiger partial charge >= 0.3 is 12.0 Å². The van der Waals surface area contributed by atoms with Crippen LogP contribution in [-0.4, -0.2) is 54.8 Å². The van der Waals surface area contributed by atoms with E-state index in [4.69, 9.17) is 9.47 Å². The molecule has 0 spiro atoms. The first-order valence-corrected chi connectivity index (χ1v) is 12.9. The van der Waals surface area contributed by atoms with Gasteiger partial charge in [-0.2, -0.15) is 4.73 Å². The van der Waals surface area contributed by atoms with Crippen LogP contribution in [0.2, 0.25) is 0 Å². The minimum Gasteiger partial charge on any atom is -0.618 e. The van der Waals surface area contributed by atoms with E-state index in [2.05, 4.69) is 5.32 Å². The first-order valence-electron chi connectivity index (χ1n) is 12.9. The Balaban J connectivity index is 1.40. The fourth-order valence-corrected chi connectivity index (χ4v) is 5.32. The van der Waals surface area contributed by atoms with Crippen molar-refractivity contribution in [3.63, 3.8) is 0 Å². The third-order valence-electron chi connectivity index (χ3n) is 7.01. The molecule has 0 saturated carbocycles. The summed E-state index contributed by atoms with van der Waals surface area (Å²) in [6.45, 7) is 6.34. The van der Waals surface area contributed by atoms with Gasteiger partial charge in [-0.05, 0) is 63.6 Å². The summed E-state index contributed by atoms with van der Waals surface area (Å²) in [7, 11) is 1.35. The molecule has 1 N–H and O–H groups in total. The Morgan fingerprint density at radius 3 is 2.48 bits per heavy atom. The normalized spacial score (nSPS) is 18.1. The lowest BCUT2D eigenvalue weighted by Gasteiger charge is -2.37. The van der Waals surface area contributed by atoms with Gasteiger partial charge in [0, 0.05) is 31.3 Å². The van der Waals surface area contributed by atoms with Crippen molar-refractivity contribution in [3.05, 3.63) is 77.1 Å². The maximum atomic E-state index is 14.7. The fraction of sp³-hybridized carbons (Fsp3) is 0.345. The number of carbonyl (C=O) groups excluding carboxylic acids is 2. The molecule has 9 nitrogen and oxygen atoms in total. The van der Waals surface area contributed by atoms with Gasteiger partial charge in [0.25, 0.3) is 5.69 Å². The molecule has 2 aliphatic heterocycles. The molecule has 0 radical (unpaired) electrons. The second-order valence-electron chi connectivity index (χ2n) is 10.9. The number of ether oxygens (including phenoxy) is 2. The molecule has 3 heterocycles. The van der Waals surface area contributed by atoms with Gasteiger partial charge in [0.15, 0.2) is 0 Å². The highest BCUT2D eigenvalue weighted by molar-refractivity contribution is 6.04. The predicted octanol–water partition coefficient (Wildman–Crippen LogP) is 4.72. The maximum absolute atomic E-state index is 14.7. The number of halogens is 2. The number of methoxy groups -OCH3 is 1. The minimum absolute atomic E-state index is 0.0556. The first kappa shape index (κ1) is 27.2. The van der Waals surface area contributed by atoms with Crippen LogP contribution in [-0.2, 0) is 4.74 Å². The summed E-state index contributed by atoms with van der Waals surface area (Å²) in [5.74, 6) is -1.91. The largest absolute Gasteiger partial charge is 0.618 e. The third-order valence-corrected chi connectivity index (χ3v) is 7.01. The lowest BCUT2D eigenvalue weighted by Crippen LogP contribution is -2.50. The Labute approximate surface area is 230 Å². The van der Waals surface area contributed by atoms with E-state index in [9.17, 15) is 23.6 Å². The molecule has 3 aromatic rings. The van der Waals surface area contributed by atoms with Crippen LogP contribution in [0.15, 0.2) is 54.6 Å². The van der Waals surface area contributed by atoms with Gasteiger partial charge in [-0.3, -0.25) is 4.79 Å². The predicted molar refractivity (Wildman–Crippen MR) is 144 cm³/mol. The summed E-state index contributed by atoms with van der Waals surface area (Å²) in [6, 6.07) is 12.2. The molecule has 2 atom stereocenters. The highest BCUT2D eigenvalue weighted by Gasteiger charge is 2.47. The molecule has 2 fully saturated rings. The second kappa shape index (κ2) is 10.3. The number of aromatic nitrogens is 1. The fourth-order valence-electron chi connectivity index (χ4n) is 5.32. The molecule has 2 aromatic carbocycles. The topological polar surface area (TPSA) is 98.0 Å². The molecule has 2 amide bonds. The number of hydrogen-bond donors (Lipinski definition) is 1. The molecular formula is C29H30F2N4O5. The van der Waals surface area contributed by atoms with Crippen molar-refractivity contribution in [3.8, 4) is 17.0 Å². The number of hydrogen-bond acceptors (Lipinski definition) is 6. The Morgan fingerprint density at radius 1 is 1.05 bits per heavy atom. The molecule has 1 aromatic heterocycles. The average molecular weight is 553 g/mol. The second-order valence-corrected chi connectivity index (χ2v) is 10.9. The summed E-state index contributed by atoms with van der Waals surface area (Å²) in [6.07, 6.45) is 0.329. The zero-order chi connectivity index (χ0) is 28.8. The quantitative estimate of drug-likeness (QED) is 0.363. The molecule has 2 saturated heterocycles. The first-order chi connectivity index (χ1) is 19.0. The van der Waals surface area contributed by atoms with Crippen LogP contribution in [0.4, 0.5) is 25.0 Å². The van der Waals surface area contributed by atoms with E-state index in [-0.39, 0.29) is 46.6 Å². The SMILES string of the molecule is COc1cccc(F)c1-c1cccc(C(=O)Nc2cc(F)ccc2N2C[C@H]3C[C@@H]2CN3C(=O)OC(C)(C)C)[n+]1[O-]. The van der Waals surface area contributed by atoms with Gasteiger partial charge in [0.05, 0.1) is 24.5 Å². The summed E-state index contributed by atoms with van der Waals surface area (Å²) >= 11 is 0. The molecule has 2 aliphatic rings. The van der Waals surface area contributed by atoms with Crippen molar-refractivity contribution in [1.29, 1.82) is 0 Å². The van der Waals surface area contributed by atoms with Gasteiger partial charge in [-0.25, -0.2) is 13.6 Å². The van der Waals surface area contributed by atoms with E-state index in [1.807, 2.05) is 25.7 Å². The van der Waals surface area contributed by atoms with Crippen molar-refractivity contribution >= 4 is 23.4 Å². The Bertz CT molecular complexity index is 1480. The van der Waals surface area contributed by atoms with Crippen LogP contribution in [0, 0.1) is 16.8 Å². The minimum atomic E-state index is -0.793. The number of carbonyl (C=O) groups is 2. The van der Waals surface area contributed by atoms with Crippen molar-refractivity contribution in [2.24, 2.45) is 0 Å². The van der Waals surface area contributed by atoms with Crippen molar-refractivity contribution in [2.75, 3.05) is 30.4 Å². The number of benzene rings is 2. The highest BCUT2D eigenvalue weighted by Crippen LogP contribution is 2.39. The molecule has 40 heavy (non-hydrogen) atoms. The van der Waals surface area contributed by atoms with E-state index in [0.29, 0.717) is 29.9 Å². The standard InChI is InChI=1S/C29H30F2N4O5/c1-29(2,3)40-28(37)34-16-18-14-19(34)15-33(18)22-12-11-17(30)13-21(22)32-27(36)24-9-6-8-23(35(24)38)26-20(31)7-5-10-25(26)39-4/h5-13,18-19H,14-16H2,1-4H3,(H,32,36)/t18-,19-/m1/s1. The number of likely N-dealkylation sites (tertiary alicyclic amines) is 1. The van der Waals surface area contributed by atoms with Gasteiger partial charge in [-0.15, -0.1) is 0 Å². The number of nitrogens with one attached hydrogen (secondary N) is 1.